The van der Waals surface area contributed by atoms with E-state index in [9.17, 15) is 10.1 Å². The largest absolute Gasteiger partial charge is 0.336 e. The summed E-state index contributed by atoms with van der Waals surface area (Å²) in [6, 6.07) is 12.0. The van der Waals surface area contributed by atoms with Crippen molar-refractivity contribution in [3.8, 4) is 6.07 Å². The van der Waals surface area contributed by atoms with E-state index < -0.39 is 0 Å². The lowest BCUT2D eigenvalue weighted by molar-refractivity contribution is 0.0652. The minimum atomic E-state index is 0.0273. The Hall–Kier alpha value is -3.20. The van der Waals surface area contributed by atoms with E-state index in [2.05, 4.69) is 23.1 Å². The fourth-order valence-electron chi connectivity index (χ4n) is 4.91. The molecule has 1 amide bonds. The third kappa shape index (κ3) is 3.07. The first-order valence-electron chi connectivity index (χ1n) is 10.3. The number of hydrogen-bond donors (Lipinski definition) is 0. The van der Waals surface area contributed by atoms with Crippen LogP contribution in [0.5, 0.6) is 0 Å². The number of aryl methyl sites for hydroxylation is 2. The van der Waals surface area contributed by atoms with Crippen LogP contribution in [0.1, 0.15) is 53.0 Å². The summed E-state index contributed by atoms with van der Waals surface area (Å²) in [6.07, 6.45) is 4.85. The molecule has 6 nitrogen and oxygen atoms in total. The second kappa shape index (κ2) is 7.00. The molecular weight excluding hydrogens is 362 g/mol. The Morgan fingerprint density at radius 3 is 3.00 bits per heavy atom. The molecule has 0 bridgehead atoms. The number of hydrogen-bond acceptors (Lipinski definition) is 4. The Balaban J connectivity index is 1.47. The quantitative estimate of drug-likeness (QED) is 0.676. The maximum Gasteiger partial charge on any atom is 0.274 e. The van der Waals surface area contributed by atoms with Gasteiger partial charge in [0.25, 0.3) is 5.91 Å². The minimum Gasteiger partial charge on any atom is -0.336 e. The number of aromatic nitrogens is 3. The van der Waals surface area contributed by atoms with Gasteiger partial charge in [0, 0.05) is 42.8 Å². The van der Waals surface area contributed by atoms with Gasteiger partial charge in [-0.3, -0.25) is 14.5 Å². The van der Waals surface area contributed by atoms with E-state index in [1.54, 1.807) is 6.20 Å². The number of rotatable bonds is 2. The number of carbonyl (C=O) groups excluding carboxylic acids is 1. The predicted molar refractivity (Wildman–Crippen MR) is 109 cm³/mol. The van der Waals surface area contributed by atoms with Crippen LogP contribution in [0.25, 0.3) is 10.9 Å². The van der Waals surface area contributed by atoms with Crippen molar-refractivity contribution in [3.63, 3.8) is 0 Å². The summed E-state index contributed by atoms with van der Waals surface area (Å²) in [4.78, 5) is 19.6. The smallest absolute Gasteiger partial charge is 0.274 e. The minimum absolute atomic E-state index is 0.0273. The highest BCUT2D eigenvalue weighted by Gasteiger charge is 2.32. The van der Waals surface area contributed by atoms with Gasteiger partial charge in [0.05, 0.1) is 11.1 Å². The monoisotopic (exact) mass is 385 g/mol. The van der Waals surface area contributed by atoms with E-state index in [-0.39, 0.29) is 11.8 Å². The van der Waals surface area contributed by atoms with Gasteiger partial charge in [0.15, 0.2) is 5.69 Å². The number of carbonyl (C=O) groups is 1. The fourth-order valence-corrected chi connectivity index (χ4v) is 4.91. The van der Waals surface area contributed by atoms with Crippen LogP contribution in [0.15, 0.2) is 36.5 Å². The zero-order valence-corrected chi connectivity index (χ0v) is 16.5. The van der Waals surface area contributed by atoms with E-state index in [1.165, 1.54) is 11.3 Å². The van der Waals surface area contributed by atoms with Gasteiger partial charge in [0.1, 0.15) is 6.07 Å². The van der Waals surface area contributed by atoms with Crippen molar-refractivity contribution in [1.82, 2.24) is 19.7 Å². The van der Waals surface area contributed by atoms with Crippen LogP contribution in [0.3, 0.4) is 0 Å². The van der Waals surface area contributed by atoms with Crippen molar-refractivity contribution in [2.45, 2.75) is 38.6 Å². The van der Waals surface area contributed by atoms with Gasteiger partial charge in [-0.2, -0.15) is 10.4 Å². The van der Waals surface area contributed by atoms with Crippen LogP contribution in [0, 0.1) is 17.2 Å². The van der Waals surface area contributed by atoms with E-state index in [1.807, 2.05) is 39.9 Å². The molecule has 3 aromatic rings. The van der Waals surface area contributed by atoms with Crippen LogP contribution >= 0.6 is 0 Å². The molecule has 0 saturated carbocycles. The van der Waals surface area contributed by atoms with Gasteiger partial charge < -0.3 is 4.90 Å². The Bertz CT molecular complexity index is 1120. The van der Waals surface area contributed by atoms with Crippen molar-refractivity contribution in [1.29, 1.82) is 5.26 Å². The standard InChI is InChI=1S/C23H23N5O/c1-15-10-17(19-7-6-16(12-24)22-20(19)5-2-8-25-22)14-27(13-15)23(29)21-11-18-4-3-9-28(18)26-21/h2,5-8,11,15,17H,3-4,9-10,13-14H2,1H3. The number of likely N-dealkylation sites (tertiary alicyclic amines) is 1. The van der Waals surface area contributed by atoms with Crippen LogP contribution in [-0.4, -0.2) is 38.7 Å². The normalized spacial score (nSPS) is 21.2. The van der Waals surface area contributed by atoms with Crippen molar-refractivity contribution in [2.24, 2.45) is 5.92 Å². The Kier molecular flexibility index (Phi) is 4.31. The molecule has 2 atom stereocenters. The molecule has 2 unspecified atom stereocenters. The molecule has 1 fully saturated rings. The number of nitrogens with zero attached hydrogens (tertiary/aromatic N) is 5. The summed E-state index contributed by atoms with van der Waals surface area (Å²) in [5.41, 5.74) is 4.24. The van der Waals surface area contributed by atoms with Crippen LogP contribution < -0.4 is 0 Å². The summed E-state index contributed by atoms with van der Waals surface area (Å²) in [7, 11) is 0. The number of piperidine rings is 1. The lowest BCUT2D eigenvalue weighted by Crippen LogP contribution is -2.42. The van der Waals surface area contributed by atoms with Crippen LogP contribution in [0.4, 0.5) is 0 Å². The molecule has 0 spiro atoms. The molecule has 0 radical (unpaired) electrons. The molecule has 4 heterocycles. The second-order valence-corrected chi connectivity index (χ2v) is 8.31. The van der Waals surface area contributed by atoms with E-state index in [4.69, 9.17) is 0 Å². The van der Waals surface area contributed by atoms with E-state index in [0.29, 0.717) is 23.7 Å². The van der Waals surface area contributed by atoms with Crippen LogP contribution in [-0.2, 0) is 13.0 Å². The molecule has 146 valence electrons. The fraction of sp³-hybridized carbons (Fsp3) is 0.391. The first-order chi connectivity index (χ1) is 14.1. The van der Waals surface area contributed by atoms with Gasteiger partial charge in [-0.05, 0) is 48.9 Å². The molecule has 1 aromatic carbocycles. The Morgan fingerprint density at radius 1 is 1.28 bits per heavy atom. The average Bonchev–Trinajstić information content (AvgIpc) is 3.34. The van der Waals surface area contributed by atoms with Gasteiger partial charge in [0.2, 0.25) is 0 Å². The van der Waals surface area contributed by atoms with Crippen molar-refractivity contribution in [3.05, 3.63) is 59.0 Å². The third-order valence-corrected chi connectivity index (χ3v) is 6.20. The lowest BCUT2D eigenvalue weighted by Gasteiger charge is -2.37. The second-order valence-electron chi connectivity index (χ2n) is 8.31. The highest BCUT2D eigenvalue weighted by molar-refractivity contribution is 5.93. The highest BCUT2D eigenvalue weighted by Crippen LogP contribution is 2.35. The topological polar surface area (TPSA) is 74.8 Å². The average molecular weight is 385 g/mol. The van der Waals surface area contributed by atoms with Gasteiger partial charge in [-0.1, -0.05) is 19.1 Å². The van der Waals surface area contributed by atoms with Gasteiger partial charge >= 0.3 is 0 Å². The molecule has 5 rings (SSSR count). The molecule has 1 saturated heterocycles. The molecule has 0 aliphatic carbocycles. The number of benzene rings is 1. The Labute approximate surface area is 169 Å². The summed E-state index contributed by atoms with van der Waals surface area (Å²) < 4.78 is 1.97. The van der Waals surface area contributed by atoms with Gasteiger partial charge in [-0.15, -0.1) is 0 Å². The van der Waals surface area contributed by atoms with Crippen molar-refractivity contribution in [2.75, 3.05) is 13.1 Å². The first kappa shape index (κ1) is 17.9. The zero-order chi connectivity index (χ0) is 20.0. The third-order valence-electron chi connectivity index (χ3n) is 6.20. The zero-order valence-electron chi connectivity index (χ0n) is 16.5. The van der Waals surface area contributed by atoms with Gasteiger partial charge in [-0.25, -0.2) is 0 Å². The predicted octanol–water partition coefficient (Wildman–Crippen LogP) is 3.51. The number of nitriles is 1. The summed E-state index contributed by atoms with van der Waals surface area (Å²) in [5.74, 6) is 0.644. The van der Waals surface area contributed by atoms with Crippen LogP contribution in [0.2, 0.25) is 0 Å². The van der Waals surface area contributed by atoms with Crippen molar-refractivity contribution >= 4 is 16.8 Å². The maximum atomic E-state index is 13.2. The molecule has 0 N–H and O–H groups in total. The Morgan fingerprint density at radius 2 is 2.17 bits per heavy atom. The first-order valence-corrected chi connectivity index (χ1v) is 10.3. The lowest BCUT2D eigenvalue weighted by atomic mass is 9.83. The molecule has 6 heteroatoms. The maximum absolute atomic E-state index is 13.2. The number of pyridine rings is 1. The van der Waals surface area contributed by atoms with E-state index in [0.717, 1.165) is 43.3 Å². The summed E-state index contributed by atoms with van der Waals surface area (Å²) in [5, 5.41) is 15.0. The molecule has 2 aliphatic heterocycles. The van der Waals surface area contributed by atoms with E-state index >= 15 is 0 Å². The number of amides is 1. The number of fused-ring (bicyclic) bond motifs is 2. The molecule has 2 aliphatic rings. The SMILES string of the molecule is CC1CC(c2ccc(C#N)c3ncccc23)CN(C(=O)c2cc3n(n2)CCC3)C1. The highest BCUT2D eigenvalue weighted by atomic mass is 16.2. The summed E-state index contributed by atoms with van der Waals surface area (Å²) >= 11 is 0. The molecule has 29 heavy (non-hydrogen) atoms. The van der Waals surface area contributed by atoms with Crippen molar-refractivity contribution < 1.29 is 4.79 Å². The summed E-state index contributed by atoms with van der Waals surface area (Å²) in [6.45, 7) is 4.53. The molecular formula is C23H23N5O. The molecule has 2 aromatic heterocycles.